The molecule has 18 heavy (non-hydrogen) atoms. The maximum atomic E-state index is 5.50. The van der Waals surface area contributed by atoms with E-state index in [1.807, 2.05) is 12.1 Å². The molecule has 0 aliphatic heterocycles. The summed E-state index contributed by atoms with van der Waals surface area (Å²) in [7, 11) is 0. The number of hydrogen-bond acceptors (Lipinski definition) is 3. The molecule has 1 rings (SSSR count). The Hall–Kier alpha value is -0.920. The van der Waals surface area contributed by atoms with Crippen LogP contribution >= 0.6 is 44.1 Å². The van der Waals surface area contributed by atoms with E-state index in [4.69, 9.17) is 10.5 Å². The van der Waals surface area contributed by atoms with E-state index in [0.29, 0.717) is 12.4 Å². The second kappa shape index (κ2) is 7.50. The molecule has 0 aromatic heterocycles. The van der Waals surface area contributed by atoms with Crippen molar-refractivity contribution in [1.29, 1.82) is 0 Å². The van der Waals surface area contributed by atoms with E-state index < -0.39 is 0 Å². The van der Waals surface area contributed by atoms with Crippen LogP contribution in [0.25, 0.3) is 0 Å². The summed E-state index contributed by atoms with van der Waals surface area (Å²) in [5, 5.41) is 4.00. The number of ether oxygens (including phenoxy) is 1. The number of benzene rings is 1. The van der Waals surface area contributed by atoms with Crippen LogP contribution in [0.15, 0.2) is 38.8 Å². The van der Waals surface area contributed by atoms with Gasteiger partial charge in [-0.05, 0) is 61.8 Å². The van der Waals surface area contributed by atoms with Crippen LogP contribution in [-0.2, 0) is 0 Å². The molecule has 7 heteroatoms. The van der Waals surface area contributed by atoms with E-state index in [2.05, 4.69) is 61.2 Å². The number of nitrogens with one attached hydrogen (secondary N) is 1. The van der Waals surface area contributed by atoms with Gasteiger partial charge < -0.3 is 10.5 Å². The molecule has 0 spiro atoms. The fraction of sp³-hybridized carbons (Fsp3) is 0.0909. The minimum Gasteiger partial charge on any atom is -0.487 e. The molecule has 0 bridgehead atoms. The van der Waals surface area contributed by atoms with Gasteiger partial charge in [-0.25, -0.2) is 0 Å². The molecule has 96 valence electrons. The quantitative estimate of drug-likeness (QED) is 0.350. The molecule has 1 aromatic carbocycles. The van der Waals surface area contributed by atoms with Crippen LogP contribution in [-0.4, -0.2) is 17.9 Å². The highest BCUT2D eigenvalue weighted by molar-refractivity contribution is 9.11. The summed E-state index contributed by atoms with van der Waals surface area (Å²) in [5.41, 5.74) is 8.60. The third kappa shape index (κ3) is 4.75. The molecule has 0 aliphatic carbocycles. The predicted molar refractivity (Wildman–Crippen MR) is 85.0 cm³/mol. The number of thiocarbonyl (C=S) groups is 1. The van der Waals surface area contributed by atoms with Gasteiger partial charge in [0.1, 0.15) is 12.4 Å². The first-order chi connectivity index (χ1) is 8.54. The lowest BCUT2D eigenvalue weighted by Crippen LogP contribution is -2.23. The Balaban J connectivity index is 2.88. The van der Waals surface area contributed by atoms with Crippen molar-refractivity contribution in [2.45, 2.75) is 0 Å². The van der Waals surface area contributed by atoms with E-state index in [1.165, 1.54) is 0 Å². The van der Waals surface area contributed by atoms with Crippen LogP contribution in [0.2, 0.25) is 0 Å². The summed E-state index contributed by atoms with van der Waals surface area (Å²) in [6, 6.07) is 3.74. The molecule has 0 unspecified atom stereocenters. The smallest absolute Gasteiger partial charge is 0.184 e. The van der Waals surface area contributed by atoms with Crippen molar-refractivity contribution >= 4 is 55.4 Å². The standard InChI is InChI=1S/C11H11Br2N3OS/c1-2-3-17-10-8(12)4-7(5-9(10)13)6-15-16-11(14)18/h2,4-6H,1,3H2,(H3,14,16,18)/b15-6+. The number of nitrogens with zero attached hydrogens (tertiary/aromatic N) is 1. The summed E-state index contributed by atoms with van der Waals surface area (Å²) in [6.07, 6.45) is 3.28. The SMILES string of the molecule is C=CCOc1c(Br)cc(/C=N/NC(N)=S)cc1Br. The van der Waals surface area contributed by atoms with Gasteiger partial charge in [0.2, 0.25) is 0 Å². The molecular formula is C11H11Br2N3OS. The molecule has 4 nitrogen and oxygen atoms in total. The van der Waals surface area contributed by atoms with Gasteiger partial charge >= 0.3 is 0 Å². The molecule has 0 radical (unpaired) electrons. The third-order valence-corrected chi connectivity index (χ3v) is 3.02. The number of rotatable bonds is 5. The zero-order valence-corrected chi connectivity index (χ0v) is 13.3. The average molecular weight is 393 g/mol. The number of hydrogen-bond donors (Lipinski definition) is 2. The number of halogens is 2. The number of nitrogens with two attached hydrogens (primary N) is 1. The van der Waals surface area contributed by atoms with Crippen molar-refractivity contribution in [3.8, 4) is 5.75 Å². The maximum Gasteiger partial charge on any atom is 0.184 e. The minimum atomic E-state index is 0.121. The van der Waals surface area contributed by atoms with Gasteiger partial charge in [0, 0.05) is 0 Å². The highest BCUT2D eigenvalue weighted by Gasteiger charge is 2.07. The summed E-state index contributed by atoms with van der Waals surface area (Å²) in [4.78, 5) is 0. The van der Waals surface area contributed by atoms with Crippen LogP contribution in [0.5, 0.6) is 5.75 Å². The molecule has 3 N–H and O–H groups in total. The molecule has 0 fully saturated rings. The van der Waals surface area contributed by atoms with Crippen molar-refractivity contribution in [3.05, 3.63) is 39.3 Å². The molecule has 0 saturated heterocycles. The summed E-state index contributed by atoms with van der Waals surface area (Å²) in [6.45, 7) is 4.04. The van der Waals surface area contributed by atoms with Crippen LogP contribution in [0.3, 0.4) is 0 Å². The lowest BCUT2D eigenvalue weighted by atomic mass is 10.2. The second-order valence-corrected chi connectivity index (χ2v) is 5.30. The lowest BCUT2D eigenvalue weighted by Gasteiger charge is -2.09. The van der Waals surface area contributed by atoms with Crippen LogP contribution in [0.4, 0.5) is 0 Å². The van der Waals surface area contributed by atoms with E-state index in [-0.39, 0.29) is 5.11 Å². The van der Waals surface area contributed by atoms with Gasteiger partial charge in [-0.2, -0.15) is 5.10 Å². The van der Waals surface area contributed by atoms with Gasteiger partial charge in [-0.3, -0.25) is 5.43 Å². The predicted octanol–water partition coefficient (Wildman–Crippen LogP) is 2.94. The van der Waals surface area contributed by atoms with Crippen molar-refractivity contribution in [2.75, 3.05) is 6.61 Å². The lowest BCUT2D eigenvalue weighted by molar-refractivity contribution is 0.358. The molecular weight excluding hydrogens is 382 g/mol. The Morgan fingerprint density at radius 3 is 2.61 bits per heavy atom. The monoisotopic (exact) mass is 391 g/mol. The largest absolute Gasteiger partial charge is 0.487 e. The van der Waals surface area contributed by atoms with Gasteiger partial charge in [0.15, 0.2) is 5.11 Å². The van der Waals surface area contributed by atoms with Crippen molar-refractivity contribution in [3.63, 3.8) is 0 Å². The Kier molecular flexibility index (Phi) is 6.31. The van der Waals surface area contributed by atoms with Crippen LogP contribution in [0.1, 0.15) is 5.56 Å². The van der Waals surface area contributed by atoms with E-state index >= 15 is 0 Å². The van der Waals surface area contributed by atoms with Gasteiger partial charge in [0.25, 0.3) is 0 Å². The third-order valence-electron chi connectivity index (χ3n) is 1.75. The van der Waals surface area contributed by atoms with Crippen molar-refractivity contribution < 1.29 is 4.74 Å². The first-order valence-corrected chi connectivity index (χ1v) is 6.85. The molecule has 0 heterocycles. The van der Waals surface area contributed by atoms with Gasteiger partial charge in [-0.1, -0.05) is 12.7 Å². The van der Waals surface area contributed by atoms with E-state index in [1.54, 1.807) is 12.3 Å². The fourth-order valence-electron chi connectivity index (χ4n) is 1.10. The minimum absolute atomic E-state index is 0.121. The second-order valence-electron chi connectivity index (χ2n) is 3.15. The Morgan fingerprint density at radius 2 is 2.11 bits per heavy atom. The zero-order chi connectivity index (χ0) is 13.5. The summed E-state index contributed by atoms with van der Waals surface area (Å²) < 4.78 is 7.13. The molecule has 0 atom stereocenters. The molecule has 0 amide bonds. The van der Waals surface area contributed by atoms with Crippen LogP contribution in [0, 0.1) is 0 Å². The summed E-state index contributed by atoms with van der Waals surface area (Å²) in [5.74, 6) is 0.717. The maximum absolute atomic E-state index is 5.50. The number of hydrazone groups is 1. The Labute approximate surface area is 128 Å². The molecule has 0 saturated carbocycles. The first-order valence-electron chi connectivity index (χ1n) is 4.86. The Bertz CT molecular complexity index is 468. The average Bonchev–Trinajstić information content (AvgIpc) is 2.27. The van der Waals surface area contributed by atoms with E-state index in [9.17, 15) is 0 Å². The first kappa shape index (κ1) is 15.1. The van der Waals surface area contributed by atoms with E-state index in [0.717, 1.165) is 14.5 Å². The Morgan fingerprint density at radius 1 is 1.50 bits per heavy atom. The normalized spacial score (nSPS) is 10.3. The van der Waals surface area contributed by atoms with Gasteiger partial charge in [0.05, 0.1) is 15.2 Å². The van der Waals surface area contributed by atoms with Crippen molar-refractivity contribution in [2.24, 2.45) is 10.8 Å². The fourth-order valence-corrected chi connectivity index (χ4v) is 2.61. The zero-order valence-electron chi connectivity index (χ0n) is 9.32. The topological polar surface area (TPSA) is 59.6 Å². The molecule has 1 aromatic rings. The van der Waals surface area contributed by atoms with Gasteiger partial charge in [-0.15, -0.1) is 0 Å². The highest BCUT2D eigenvalue weighted by Crippen LogP contribution is 2.34. The summed E-state index contributed by atoms with van der Waals surface area (Å²) >= 11 is 11.5. The molecule has 0 aliphatic rings. The highest BCUT2D eigenvalue weighted by atomic mass is 79.9. The van der Waals surface area contributed by atoms with Crippen LogP contribution < -0.4 is 15.9 Å². The van der Waals surface area contributed by atoms with Crippen molar-refractivity contribution in [1.82, 2.24) is 5.43 Å².